The van der Waals surface area contributed by atoms with Gasteiger partial charge in [0.05, 0.1) is 0 Å². The highest BCUT2D eigenvalue weighted by molar-refractivity contribution is 6.30. The van der Waals surface area contributed by atoms with Crippen LogP contribution in [0.5, 0.6) is 0 Å². The van der Waals surface area contributed by atoms with Gasteiger partial charge in [0.2, 0.25) is 0 Å². The first kappa shape index (κ1) is 27.5. The highest BCUT2D eigenvalue weighted by atomic mass is 16.3. The average molecular weight is 626 g/mol. The van der Waals surface area contributed by atoms with Crippen molar-refractivity contribution in [1.29, 1.82) is 0 Å². The van der Waals surface area contributed by atoms with Crippen LogP contribution in [0.2, 0.25) is 0 Å². The van der Waals surface area contributed by atoms with Gasteiger partial charge < -0.3 is 4.42 Å². The molecule has 0 atom stereocenters. The summed E-state index contributed by atoms with van der Waals surface area (Å²) < 4.78 is 6.59. The van der Waals surface area contributed by atoms with Crippen molar-refractivity contribution in [3.63, 3.8) is 0 Å². The molecule has 4 heteroatoms. The van der Waals surface area contributed by atoms with Crippen molar-refractivity contribution in [3.8, 4) is 45.3 Å². The van der Waals surface area contributed by atoms with E-state index >= 15 is 0 Å². The Kier molecular flexibility index (Phi) is 6.15. The van der Waals surface area contributed by atoms with Gasteiger partial charge in [0, 0.05) is 32.8 Å². The van der Waals surface area contributed by atoms with Crippen molar-refractivity contribution in [2.75, 3.05) is 0 Å². The molecule has 0 aliphatic heterocycles. The van der Waals surface area contributed by atoms with Crippen LogP contribution in [0.25, 0.3) is 99.5 Å². The third-order valence-electron chi connectivity index (χ3n) is 9.50. The molecule has 0 radical (unpaired) electrons. The minimum Gasteiger partial charge on any atom is -0.455 e. The molecule has 2 aromatic heterocycles. The Balaban J connectivity index is 1.20. The van der Waals surface area contributed by atoms with Crippen LogP contribution in [0.3, 0.4) is 0 Å². The highest BCUT2D eigenvalue weighted by Gasteiger charge is 2.18. The van der Waals surface area contributed by atoms with Crippen molar-refractivity contribution in [2.45, 2.75) is 0 Å². The number of rotatable bonds is 4. The van der Waals surface area contributed by atoms with Gasteiger partial charge in [-0.05, 0) is 56.3 Å². The molecule has 4 nitrogen and oxygen atoms in total. The number of fused-ring (bicyclic) bond motifs is 9. The summed E-state index contributed by atoms with van der Waals surface area (Å²) in [5, 5.41) is 9.09. The van der Waals surface area contributed by atoms with E-state index in [-0.39, 0.29) is 0 Å². The van der Waals surface area contributed by atoms with Gasteiger partial charge in [0.15, 0.2) is 17.5 Å². The molecule has 0 aliphatic rings. The van der Waals surface area contributed by atoms with Crippen LogP contribution in [0.4, 0.5) is 0 Å². The fourth-order valence-electron chi connectivity index (χ4n) is 7.08. The van der Waals surface area contributed by atoms with Crippen LogP contribution in [-0.2, 0) is 0 Å². The van der Waals surface area contributed by atoms with Crippen molar-refractivity contribution in [1.82, 2.24) is 15.0 Å². The molecule has 49 heavy (non-hydrogen) atoms. The van der Waals surface area contributed by atoms with Gasteiger partial charge >= 0.3 is 0 Å². The van der Waals surface area contributed by atoms with Gasteiger partial charge in [0.25, 0.3) is 0 Å². The van der Waals surface area contributed by atoms with E-state index in [4.69, 9.17) is 19.4 Å². The smallest absolute Gasteiger partial charge is 0.164 e. The molecule has 2 heterocycles. The Bertz CT molecular complexity index is 2870. The zero-order valence-corrected chi connectivity index (χ0v) is 26.3. The van der Waals surface area contributed by atoms with Gasteiger partial charge in [-0.1, -0.05) is 146 Å². The molecule has 0 N–H and O–H groups in total. The molecule has 0 saturated heterocycles. The standard InChI is InChI=1S/C45H27N3O/c1-2-10-28(11-3-1)30-18-21-31(22-19-30)43-46-44(33-23-20-29-12-4-5-13-32(29)26-33)48-45(47-43)34-24-25-36-35-14-6-7-15-37(35)41-38-16-8-9-17-40(38)49-42(41)39(36)27-34/h1-27H. The Hall–Kier alpha value is -6.65. The minimum atomic E-state index is 0.611. The monoisotopic (exact) mass is 625 g/mol. The molecule has 10 aromatic rings. The Morgan fingerprint density at radius 3 is 1.65 bits per heavy atom. The van der Waals surface area contributed by atoms with Crippen molar-refractivity contribution in [2.24, 2.45) is 0 Å². The first-order valence-corrected chi connectivity index (χ1v) is 16.4. The molecule has 0 unspecified atom stereocenters. The number of aromatic nitrogens is 3. The molecule has 0 saturated carbocycles. The fraction of sp³-hybridized carbons (Fsp3) is 0. The molecule has 0 fully saturated rings. The maximum atomic E-state index is 6.59. The number of nitrogens with zero attached hydrogens (tertiary/aromatic N) is 3. The van der Waals surface area contributed by atoms with Gasteiger partial charge in [-0.25, -0.2) is 15.0 Å². The number of hydrogen-bond acceptors (Lipinski definition) is 4. The van der Waals surface area contributed by atoms with Gasteiger partial charge in [0.1, 0.15) is 11.2 Å². The van der Waals surface area contributed by atoms with Crippen molar-refractivity contribution >= 4 is 54.3 Å². The second kappa shape index (κ2) is 11.0. The van der Waals surface area contributed by atoms with Crippen LogP contribution in [0.1, 0.15) is 0 Å². The summed E-state index contributed by atoms with van der Waals surface area (Å²) in [5.41, 5.74) is 6.83. The number of benzene rings is 8. The van der Waals surface area contributed by atoms with E-state index in [9.17, 15) is 0 Å². The second-order valence-electron chi connectivity index (χ2n) is 12.4. The number of para-hydroxylation sites is 1. The second-order valence-corrected chi connectivity index (χ2v) is 12.4. The van der Waals surface area contributed by atoms with E-state index in [0.717, 1.165) is 60.4 Å². The summed E-state index contributed by atoms with van der Waals surface area (Å²) >= 11 is 0. The summed E-state index contributed by atoms with van der Waals surface area (Å²) in [4.78, 5) is 15.3. The van der Waals surface area contributed by atoms with Crippen LogP contribution in [-0.4, -0.2) is 15.0 Å². The maximum Gasteiger partial charge on any atom is 0.164 e. The molecule has 0 bridgehead atoms. The normalized spacial score (nSPS) is 11.7. The third-order valence-corrected chi connectivity index (χ3v) is 9.50. The lowest BCUT2D eigenvalue weighted by Crippen LogP contribution is -2.00. The third kappa shape index (κ3) is 4.57. The van der Waals surface area contributed by atoms with Crippen molar-refractivity contribution in [3.05, 3.63) is 164 Å². The molecular weight excluding hydrogens is 599 g/mol. The highest BCUT2D eigenvalue weighted by Crippen LogP contribution is 2.42. The Morgan fingerprint density at radius 1 is 0.327 bits per heavy atom. The maximum absolute atomic E-state index is 6.59. The largest absolute Gasteiger partial charge is 0.455 e. The number of furan rings is 1. The first-order valence-electron chi connectivity index (χ1n) is 16.4. The van der Waals surface area contributed by atoms with Crippen LogP contribution in [0, 0.1) is 0 Å². The fourth-order valence-corrected chi connectivity index (χ4v) is 7.08. The SMILES string of the molecule is c1ccc(-c2ccc(-c3nc(-c4ccc5ccccc5c4)nc(-c4ccc5c6ccccc6c6c7ccccc7oc6c5c4)n3)cc2)cc1. The van der Waals surface area contributed by atoms with Gasteiger partial charge in [-0.3, -0.25) is 0 Å². The van der Waals surface area contributed by atoms with E-state index in [2.05, 4.69) is 146 Å². The summed E-state index contributed by atoms with van der Waals surface area (Å²) in [6, 6.07) is 56.9. The summed E-state index contributed by atoms with van der Waals surface area (Å²) in [6.07, 6.45) is 0. The van der Waals surface area contributed by atoms with Crippen LogP contribution < -0.4 is 0 Å². The lowest BCUT2D eigenvalue weighted by molar-refractivity contribution is 0.673. The zero-order valence-electron chi connectivity index (χ0n) is 26.3. The molecular formula is C45H27N3O. The van der Waals surface area contributed by atoms with E-state index in [1.807, 2.05) is 18.2 Å². The van der Waals surface area contributed by atoms with E-state index in [1.54, 1.807) is 0 Å². The predicted molar refractivity (Wildman–Crippen MR) is 201 cm³/mol. The quantitative estimate of drug-likeness (QED) is 0.183. The zero-order chi connectivity index (χ0) is 32.3. The average Bonchev–Trinajstić information content (AvgIpc) is 3.58. The molecule has 0 aliphatic carbocycles. The predicted octanol–water partition coefficient (Wildman–Crippen LogP) is 11.9. The van der Waals surface area contributed by atoms with Gasteiger partial charge in [-0.2, -0.15) is 0 Å². The van der Waals surface area contributed by atoms with Crippen molar-refractivity contribution < 1.29 is 4.42 Å². The Morgan fingerprint density at radius 2 is 0.857 bits per heavy atom. The topological polar surface area (TPSA) is 51.8 Å². The minimum absolute atomic E-state index is 0.611. The number of hydrogen-bond donors (Lipinski definition) is 0. The lowest BCUT2D eigenvalue weighted by atomic mass is 9.95. The molecule has 0 spiro atoms. The van der Waals surface area contributed by atoms with Gasteiger partial charge in [-0.15, -0.1) is 0 Å². The summed E-state index contributed by atoms with van der Waals surface area (Å²) in [7, 11) is 0. The Labute approximate surface area is 282 Å². The van der Waals surface area contributed by atoms with Crippen LogP contribution in [0.15, 0.2) is 168 Å². The molecule has 228 valence electrons. The molecule has 10 rings (SSSR count). The molecule has 8 aromatic carbocycles. The summed E-state index contributed by atoms with van der Waals surface area (Å²) in [5.74, 6) is 1.87. The first-order chi connectivity index (χ1) is 24.3. The van der Waals surface area contributed by atoms with E-state index in [1.165, 1.54) is 21.7 Å². The summed E-state index contributed by atoms with van der Waals surface area (Å²) in [6.45, 7) is 0. The van der Waals surface area contributed by atoms with Crippen LogP contribution >= 0.6 is 0 Å². The van der Waals surface area contributed by atoms with E-state index in [0.29, 0.717) is 17.5 Å². The molecule has 0 amide bonds. The lowest BCUT2D eigenvalue weighted by Gasteiger charge is -2.11. The van der Waals surface area contributed by atoms with E-state index < -0.39 is 0 Å².